The summed E-state index contributed by atoms with van der Waals surface area (Å²) in [6, 6.07) is 12.8. The Morgan fingerprint density at radius 1 is 1.11 bits per heavy atom. The zero-order valence-electron chi connectivity index (χ0n) is 16.0. The van der Waals surface area contributed by atoms with Crippen LogP contribution >= 0.6 is 0 Å². The molecule has 0 bridgehead atoms. The van der Waals surface area contributed by atoms with E-state index in [2.05, 4.69) is 0 Å². The molecule has 0 saturated heterocycles. The molecule has 2 aromatic rings. The lowest BCUT2D eigenvalue weighted by Gasteiger charge is -2.27. The second-order valence-corrected chi connectivity index (χ2v) is 7.81. The van der Waals surface area contributed by atoms with Crippen LogP contribution in [0.2, 0.25) is 0 Å². The molecule has 1 amide bonds. The summed E-state index contributed by atoms with van der Waals surface area (Å²) in [7, 11) is -2.45. The van der Waals surface area contributed by atoms with Gasteiger partial charge in [-0.2, -0.15) is 8.42 Å². The second kappa shape index (κ2) is 8.90. The normalized spacial score (nSPS) is 12.3. The van der Waals surface area contributed by atoms with Gasteiger partial charge in [0.2, 0.25) is 5.91 Å². The predicted molar refractivity (Wildman–Crippen MR) is 103 cm³/mol. The lowest BCUT2D eigenvalue weighted by molar-refractivity contribution is -0.131. The molecule has 6 nitrogen and oxygen atoms in total. The molecule has 0 aromatic heterocycles. The highest BCUT2D eigenvalue weighted by atomic mass is 32.2. The van der Waals surface area contributed by atoms with Crippen LogP contribution < -0.4 is 8.92 Å². The van der Waals surface area contributed by atoms with Gasteiger partial charge in [0.15, 0.2) is 0 Å². The van der Waals surface area contributed by atoms with Crippen molar-refractivity contribution in [1.82, 2.24) is 4.90 Å². The van der Waals surface area contributed by atoms with E-state index in [4.69, 9.17) is 8.92 Å². The molecule has 2 aromatic carbocycles. The van der Waals surface area contributed by atoms with Gasteiger partial charge in [0.25, 0.3) is 0 Å². The summed E-state index contributed by atoms with van der Waals surface area (Å²) >= 11 is 0. The van der Waals surface area contributed by atoms with Crippen LogP contribution in [-0.2, 0) is 21.5 Å². The standard InChI is InChI=1S/C20H25NO5S/c1-5-15(2)21(16(3)22)14-17-7-6-8-19(13-17)26-27(23,24)20-11-9-18(25-4)10-12-20/h6-13,15H,5,14H2,1-4H3/t15-/m0/s1. The van der Waals surface area contributed by atoms with E-state index in [-0.39, 0.29) is 22.6 Å². The molecule has 27 heavy (non-hydrogen) atoms. The van der Waals surface area contributed by atoms with Crippen LogP contribution in [0.3, 0.4) is 0 Å². The van der Waals surface area contributed by atoms with Crippen molar-refractivity contribution in [2.24, 2.45) is 0 Å². The van der Waals surface area contributed by atoms with E-state index < -0.39 is 10.1 Å². The number of benzene rings is 2. The zero-order valence-corrected chi connectivity index (χ0v) is 16.8. The van der Waals surface area contributed by atoms with E-state index in [0.717, 1.165) is 12.0 Å². The molecule has 1 atom stereocenters. The van der Waals surface area contributed by atoms with Crippen LogP contribution in [0.25, 0.3) is 0 Å². The Bertz CT molecular complexity index is 878. The number of hydrogen-bond donors (Lipinski definition) is 0. The second-order valence-electron chi connectivity index (χ2n) is 6.26. The van der Waals surface area contributed by atoms with Gasteiger partial charge < -0.3 is 13.8 Å². The summed E-state index contributed by atoms with van der Waals surface area (Å²) in [6.45, 7) is 5.92. The Balaban J connectivity index is 2.20. The smallest absolute Gasteiger partial charge is 0.339 e. The van der Waals surface area contributed by atoms with Crippen molar-refractivity contribution in [3.8, 4) is 11.5 Å². The maximum atomic E-state index is 12.5. The van der Waals surface area contributed by atoms with Gasteiger partial charge in [0.05, 0.1) is 7.11 Å². The van der Waals surface area contributed by atoms with E-state index in [0.29, 0.717) is 12.3 Å². The molecule has 146 valence electrons. The molecule has 0 N–H and O–H groups in total. The first-order valence-electron chi connectivity index (χ1n) is 8.71. The first kappa shape index (κ1) is 20.8. The summed E-state index contributed by atoms with van der Waals surface area (Å²) in [4.78, 5) is 13.7. The highest BCUT2D eigenvalue weighted by molar-refractivity contribution is 7.87. The van der Waals surface area contributed by atoms with Gasteiger partial charge in [0, 0.05) is 19.5 Å². The zero-order chi connectivity index (χ0) is 20.0. The molecule has 0 spiro atoms. The van der Waals surface area contributed by atoms with Crippen molar-refractivity contribution in [3.63, 3.8) is 0 Å². The molecule has 7 heteroatoms. The number of ether oxygens (including phenoxy) is 1. The van der Waals surface area contributed by atoms with Crippen LogP contribution in [-0.4, -0.2) is 32.4 Å². The lowest BCUT2D eigenvalue weighted by atomic mass is 10.1. The van der Waals surface area contributed by atoms with Crippen LogP contribution in [0.4, 0.5) is 0 Å². The van der Waals surface area contributed by atoms with E-state index >= 15 is 0 Å². The fourth-order valence-electron chi connectivity index (χ4n) is 2.61. The molecule has 0 unspecified atom stereocenters. The first-order chi connectivity index (χ1) is 12.8. The number of carbonyl (C=O) groups excluding carboxylic acids is 1. The average Bonchev–Trinajstić information content (AvgIpc) is 2.65. The van der Waals surface area contributed by atoms with Crippen LogP contribution in [0.1, 0.15) is 32.8 Å². The molecule has 0 aliphatic carbocycles. The van der Waals surface area contributed by atoms with E-state index in [1.807, 2.05) is 19.9 Å². The maximum absolute atomic E-state index is 12.5. The van der Waals surface area contributed by atoms with Crippen molar-refractivity contribution in [3.05, 3.63) is 54.1 Å². The Hall–Kier alpha value is -2.54. The monoisotopic (exact) mass is 391 g/mol. The third kappa shape index (κ3) is 5.47. The van der Waals surface area contributed by atoms with Crippen molar-refractivity contribution in [2.45, 2.75) is 44.7 Å². The fourth-order valence-corrected chi connectivity index (χ4v) is 3.53. The van der Waals surface area contributed by atoms with E-state index in [1.54, 1.807) is 35.2 Å². The Morgan fingerprint density at radius 2 is 1.78 bits per heavy atom. The van der Waals surface area contributed by atoms with Crippen LogP contribution in [0.5, 0.6) is 11.5 Å². The van der Waals surface area contributed by atoms with Crippen LogP contribution in [0.15, 0.2) is 53.4 Å². The summed E-state index contributed by atoms with van der Waals surface area (Å²) in [5, 5.41) is 0. The third-order valence-electron chi connectivity index (χ3n) is 4.33. The SMILES string of the molecule is CC[C@H](C)N(Cc1cccc(OS(=O)(=O)c2ccc(OC)cc2)c1)C(C)=O. The Kier molecular flexibility index (Phi) is 6.85. The summed E-state index contributed by atoms with van der Waals surface area (Å²) in [5.41, 5.74) is 0.799. The number of carbonyl (C=O) groups is 1. The summed E-state index contributed by atoms with van der Waals surface area (Å²) in [5.74, 6) is 0.739. The lowest BCUT2D eigenvalue weighted by Crippen LogP contribution is -2.36. The molecule has 2 rings (SSSR count). The van der Waals surface area contributed by atoms with Crippen molar-refractivity contribution < 1.29 is 22.1 Å². The topological polar surface area (TPSA) is 72.9 Å². The Labute approximate surface area is 160 Å². The van der Waals surface area contributed by atoms with Gasteiger partial charge in [-0.1, -0.05) is 19.1 Å². The van der Waals surface area contributed by atoms with Crippen molar-refractivity contribution >= 4 is 16.0 Å². The minimum Gasteiger partial charge on any atom is -0.497 e. The molecule has 0 radical (unpaired) electrons. The largest absolute Gasteiger partial charge is 0.497 e. The fraction of sp³-hybridized carbons (Fsp3) is 0.350. The molecule has 0 heterocycles. The third-order valence-corrected chi connectivity index (χ3v) is 5.59. The van der Waals surface area contributed by atoms with Gasteiger partial charge in [0.1, 0.15) is 16.4 Å². The number of methoxy groups -OCH3 is 1. The average molecular weight is 391 g/mol. The number of hydrogen-bond acceptors (Lipinski definition) is 5. The Morgan fingerprint density at radius 3 is 2.33 bits per heavy atom. The number of rotatable bonds is 8. The summed E-state index contributed by atoms with van der Waals surface area (Å²) < 4.78 is 35.2. The van der Waals surface area contributed by atoms with Crippen molar-refractivity contribution in [1.29, 1.82) is 0 Å². The molecule has 0 saturated carbocycles. The van der Waals surface area contributed by atoms with Gasteiger partial charge in [-0.15, -0.1) is 0 Å². The quantitative estimate of drug-likeness (QED) is 0.643. The minimum absolute atomic E-state index is 0.0264. The maximum Gasteiger partial charge on any atom is 0.339 e. The molecule has 0 aliphatic heterocycles. The van der Waals surface area contributed by atoms with Gasteiger partial charge in [-0.25, -0.2) is 0 Å². The van der Waals surface area contributed by atoms with Gasteiger partial charge >= 0.3 is 10.1 Å². The predicted octanol–water partition coefficient (Wildman–Crippen LogP) is 3.61. The molecular formula is C20H25NO5S. The molecule has 0 aliphatic rings. The summed E-state index contributed by atoms with van der Waals surface area (Å²) in [6.07, 6.45) is 0.835. The number of nitrogens with zero attached hydrogens (tertiary/aromatic N) is 1. The van der Waals surface area contributed by atoms with Crippen LogP contribution in [0, 0.1) is 0 Å². The minimum atomic E-state index is -3.96. The van der Waals surface area contributed by atoms with E-state index in [1.165, 1.54) is 26.2 Å². The molecule has 0 fully saturated rings. The first-order valence-corrected chi connectivity index (χ1v) is 10.1. The van der Waals surface area contributed by atoms with Crippen molar-refractivity contribution in [2.75, 3.05) is 7.11 Å². The highest BCUT2D eigenvalue weighted by Crippen LogP contribution is 2.23. The molecular weight excluding hydrogens is 366 g/mol. The van der Waals surface area contributed by atoms with Gasteiger partial charge in [-0.3, -0.25) is 4.79 Å². The van der Waals surface area contributed by atoms with E-state index in [9.17, 15) is 13.2 Å². The van der Waals surface area contributed by atoms with Gasteiger partial charge in [-0.05, 0) is 55.3 Å². The highest BCUT2D eigenvalue weighted by Gasteiger charge is 2.19. The number of amides is 1.